The van der Waals surface area contributed by atoms with Crippen LogP contribution in [0.15, 0.2) is 24.3 Å². The lowest BCUT2D eigenvalue weighted by molar-refractivity contribution is 0.299. The zero-order valence-electron chi connectivity index (χ0n) is 11.6. The molecule has 18 heavy (non-hydrogen) atoms. The first kappa shape index (κ1) is 13.4. The van der Waals surface area contributed by atoms with Crippen LogP contribution < -0.4 is 10.1 Å². The topological polar surface area (TPSA) is 21.3 Å². The predicted octanol–water partition coefficient (Wildman–Crippen LogP) is 3.72. The minimum atomic E-state index is 0.590. The van der Waals surface area contributed by atoms with E-state index in [1.165, 1.54) is 31.4 Å². The van der Waals surface area contributed by atoms with Crippen molar-refractivity contribution in [3.05, 3.63) is 29.8 Å². The second kappa shape index (κ2) is 6.79. The largest absolute Gasteiger partial charge is 0.494 e. The summed E-state index contributed by atoms with van der Waals surface area (Å²) in [6.45, 7) is 6.45. The van der Waals surface area contributed by atoms with E-state index in [1.807, 2.05) is 0 Å². The molecule has 0 aromatic heterocycles. The molecule has 1 aliphatic rings. The van der Waals surface area contributed by atoms with Crippen LogP contribution in [0.3, 0.4) is 0 Å². The Morgan fingerprint density at radius 2 is 2.06 bits per heavy atom. The Bertz CT molecular complexity index is 339. The summed E-state index contributed by atoms with van der Waals surface area (Å²) in [5.74, 6) is 1.59. The van der Waals surface area contributed by atoms with Gasteiger partial charge in [0.25, 0.3) is 0 Å². The highest BCUT2D eigenvalue weighted by atomic mass is 16.5. The van der Waals surface area contributed by atoms with Crippen molar-refractivity contribution >= 4 is 0 Å². The Hall–Kier alpha value is -1.02. The molecule has 1 heterocycles. The van der Waals surface area contributed by atoms with Crippen molar-refractivity contribution in [2.75, 3.05) is 13.2 Å². The molecular weight excluding hydrogens is 222 g/mol. The average Bonchev–Trinajstić information content (AvgIpc) is 2.88. The predicted molar refractivity (Wildman–Crippen MR) is 76.3 cm³/mol. The molecule has 2 heteroatoms. The lowest BCUT2D eigenvalue weighted by Crippen LogP contribution is -2.21. The molecular formula is C16H25NO. The molecule has 1 aliphatic heterocycles. The minimum absolute atomic E-state index is 0.590. The van der Waals surface area contributed by atoms with Gasteiger partial charge in [0.2, 0.25) is 0 Å². The molecule has 1 aromatic carbocycles. The normalized spacial score (nSPS) is 19.4. The summed E-state index contributed by atoms with van der Waals surface area (Å²) in [5.41, 5.74) is 1.37. The Morgan fingerprint density at radius 3 is 2.67 bits per heavy atom. The van der Waals surface area contributed by atoms with Gasteiger partial charge in [0, 0.05) is 6.04 Å². The second-order valence-corrected chi connectivity index (χ2v) is 5.51. The van der Waals surface area contributed by atoms with Crippen LogP contribution in [0.4, 0.5) is 0 Å². The van der Waals surface area contributed by atoms with Crippen LogP contribution >= 0.6 is 0 Å². The van der Waals surface area contributed by atoms with Crippen LogP contribution in [-0.2, 0) is 0 Å². The Morgan fingerprint density at radius 1 is 1.28 bits per heavy atom. The van der Waals surface area contributed by atoms with Crippen LogP contribution in [-0.4, -0.2) is 19.2 Å². The number of hydrogen-bond acceptors (Lipinski definition) is 2. The van der Waals surface area contributed by atoms with E-state index in [-0.39, 0.29) is 0 Å². The molecule has 100 valence electrons. The lowest BCUT2D eigenvalue weighted by atomic mass is 10.0. The van der Waals surface area contributed by atoms with Crippen LogP contribution in [0, 0.1) is 0 Å². The molecule has 1 unspecified atom stereocenters. The summed E-state index contributed by atoms with van der Waals surface area (Å²) in [7, 11) is 0. The van der Waals surface area contributed by atoms with Crippen molar-refractivity contribution in [2.45, 2.75) is 51.5 Å². The van der Waals surface area contributed by atoms with Crippen molar-refractivity contribution in [3.63, 3.8) is 0 Å². The van der Waals surface area contributed by atoms with Crippen LogP contribution in [0.2, 0.25) is 0 Å². The first-order chi connectivity index (χ1) is 8.75. The quantitative estimate of drug-likeness (QED) is 0.774. The fourth-order valence-electron chi connectivity index (χ4n) is 2.47. The molecule has 0 aliphatic carbocycles. The van der Waals surface area contributed by atoms with E-state index in [0.717, 1.165) is 24.8 Å². The zero-order chi connectivity index (χ0) is 12.8. The van der Waals surface area contributed by atoms with E-state index in [2.05, 4.69) is 43.4 Å². The number of nitrogens with one attached hydrogen (secondary N) is 1. The van der Waals surface area contributed by atoms with Gasteiger partial charge >= 0.3 is 0 Å². The maximum absolute atomic E-state index is 5.77. The number of benzene rings is 1. The van der Waals surface area contributed by atoms with Gasteiger partial charge in [-0.1, -0.05) is 26.0 Å². The summed E-state index contributed by atoms with van der Waals surface area (Å²) >= 11 is 0. The third-order valence-electron chi connectivity index (χ3n) is 3.67. The molecule has 0 amide bonds. The van der Waals surface area contributed by atoms with Gasteiger partial charge in [-0.3, -0.25) is 0 Å². The fourth-order valence-corrected chi connectivity index (χ4v) is 2.47. The monoisotopic (exact) mass is 247 g/mol. The van der Waals surface area contributed by atoms with Gasteiger partial charge in [-0.2, -0.15) is 0 Å². The SMILES string of the molecule is CC(C)c1ccc(OCCCC2CCCN2)cc1. The van der Waals surface area contributed by atoms with Crippen LogP contribution in [0.5, 0.6) is 5.75 Å². The number of ether oxygens (including phenoxy) is 1. The lowest BCUT2D eigenvalue weighted by Gasteiger charge is -2.11. The van der Waals surface area contributed by atoms with Crippen LogP contribution in [0.25, 0.3) is 0 Å². The van der Waals surface area contributed by atoms with Crippen molar-refractivity contribution in [2.24, 2.45) is 0 Å². The first-order valence-corrected chi connectivity index (χ1v) is 7.22. The maximum Gasteiger partial charge on any atom is 0.119 e. The van der Waals surface area contributed by atoms with Gasteiger partial charge < -0.3 is 10.1 Å². The van der Waals surface area contributed by atoms with Crippen LogP contribution in [0.1, 0.15) is 51.0 Å². The second-order valence-electron chi connectivity index (χ2n) is 5.51. The summed E-state index contributed by atoms with van der Waals surface area (Å²) in [6.07, 6.45) is 5.05. The summed E-state index contributed by atoms with van der Waals surface area (Å²) in [4.78, 5) is 0. The highest BCUT2D eigenvalue weighted by molar-refractivity contribution is 5.28. The van der Waals surface area contributed by atoms with E-state index in [9.17, 15) is 0 Å². The Balaban J connectivity index is 1.66. The maximum atomic E-state index is 5.77. The molecule has 1 atom stereocenters. The van der Waals surface area contributed by atoms with Crippen molar-refractivity contribution < 1.29 is 4.74 Å². The highest BCUT2D eigenvalue weighted by Gasteiger charge is 2.12. The van der Waals surface area contributed by atoms with Gasteiger partial charge in [-0.25, -0.2) is 0 Å². The molecule has 1 aromatic rings. The first-order valence-electron chi connectivity index (χ1n) is 7.22. The van der Waals surface area contributed by atoms with Gasteiger partial charge in [-0.15, -0.1) is 0 Å². The summed E-state index contributed by atoms with van der Waals surface area (Å²) in [5, 5.41) is 3.52. The molecule has 1 fully saturated rings. The van der Waals surface area contributed by atoms with E-state index in [4.69, 9.17) is 4.74 Å². The van der Waals surface area contributed by atoms with E-state index in [1.54, 1.807) is 0 Å². The van der Waals surface area contributed by atoms with E-state index in [0.29, 0.717) is 5.92 Å². The Kier molecular flexibility index (Phi) is 5.06. The van der Waals surface area contributed by atoms with Gasteiger partial charge in [-0.05, 0) is 55.8 Å². The highest BCUT2D eigenvalue weighted by Crippen LogP contribution is 2.19. The molecule has 2 nitrogen and oxygen atoms in total. The van der Waals surface area contributed by atoms with Crippen molar-refractivity contribution in [1.82, 2.24) is 5.32 Å². The third kappa shape index (κ3) is 4.02. The molecule has 1 N–H and O–H groups in total. The molecule has 0 bridgehead atoms. The molecule has 1 saturated heterocycles. The molecule has 2 rings (SSSR count). The smallest absolute Gasteiger partial charge is 0.119 e. The van der Waals surface area contributed by atoms with E-state index >= 15 is 0 Å². The third-order valence-corrected chi connectivity index (χ3v) is 3.67. The number of hydrogen-bond donors (Lipinski definition) is 1. The zero-order valence-corrected chi connectivity index (χ0v) is 11.6. The molecule has 0 radical (unpaired) electrons. The van der Waals surface area contributed by atoms with Crippen molar-refractivity contribution in [3.8, 4) is 5.75 Å². The van der Waals surface area contributed by atoms with Gasteiger partial charge in [0.15, 0.2) is 0 Å². The standard InChI is InChI=1S/C16H25NO/c1-13(2)14-7-9-16(10-8-14)18-12-4-6-15-5-3-11-17-15/h7-10,13,15,17H,3-6,11-12H2,1-2H3. The molecule has 0 spiro atoms. The number of rotatable bonds is 6. The molecule has 0 saturated carbocycles. The fraction of sp³-hybridized carbons (Fsp3) is 0.625. The van der Waals surface area contributed by atoms with Gasteiger partial charge in [0.05, 0.1) is 6.61 Å². The summed E-state index contributed by atoms with van der Waals surface area (Å²) < 4.78 is 5.77. The van der Waals surface area contributed by atoms with Gasteiger partial charge in [0.1, 0.15) is 5.75 Å². The van der Waals surface area contributed by atoms with E-state index < -0.39 is 0 Å². The Labute approximate surface area is 111 Å². The summed E-state index contributed by atoms with van der Waals surface area (Å²) in [6, 6.07) is 9.24. The van der Waals surface area contributed by atoms with Crippen molar-refractivity contribution in [1.29, 1.82) is 0 Å². The average molecular weight is 247 g/mol. The minimum Gasteiger partial charge on any atom is -0.494 e.